The Labute approximate surface area is 158 Å². The van der Waals surface area contributed by atoms with Crippen molar-refractivity contribution in [3.63, 3.8) is 0 Å². The molecule has 1 heteroatoms. The molecule has 0 atom stereocenters. The molecule has 0 aliphatic carbocycles. The maximum Gasteiger partial charge on any atom is 0.0780 e. The number of hydrogen-bond donors (Lipinski definition) is 0. The van der Waals surface area contributed by atoms with Crippen molar-refractivity contribution in [2.75, 3.05) is 0 Å². The highest BCUT2D eigenvalue weighted by Crippen LogP contribution is 2.33. The molecule has 27 heavy (non-hydrogen) atoms. The van der Waals surface area contributed by atoms with Crippen LogP contribution in [0, 0.1) is 6.92 Å². The number of hydrogen-bond acceptors (Lipinski definition) is 1. The third-order valence-corrected chi connectivity index (χ3v) is 5.26. The maximum atomic E-state index is 4.73. The second kappa shape index (κ2) is 6.37. The van der Waals surface area contributed by atoms with Crippen LogP contribution in [0.4, 0.5) is 0 Å². The quantitative estimate of drug-likeness (QED) is 0.313. The number of pyridine rings is 1. The Morgan fingerprint density at radius 1 is 0.593 bits per heavy atom. The van der Waals surface area contributed by atoms with E-state index in [1.54, 1.807) is 0 Å². The maximum absolute atomic E-state index is 4.73. The summed E-state index contributed by atoms with van der Waals surface area (Å²) in [7, 11) is 0. The van der Waals surface area contributed by atoms with E-state index in [9.17, 15) is 0 Å². The molecule has 0 bridgehead atoms. The van der Waals surface area contributed by atoms with Gasteiger partial charge in [-0.1, -0.05) is 78.9 Å². The molecular formula is C26H19N. The van der Waals surface area contributed by atoms with Crippen LogP contribution in [0.15, 0.2) is 97.2 Å². The molecule has 0 saturated carbocycles. The van der Waals surface area contributed by atoms with Crippen molar-refractivity contribution >= 4 is 21.5 Å². The second-order valence-electron chi connectivity index (χ2n) is 6.94. The second-order valence-corrected chi connectivity index (χ2v) is 6.94. The van der Waals surface area contributed by atoms with Crippen LogP contribution in [0.1, 0.15) is 5.56 Å². The number of fused-ring (bicyclic) bond motifs is 3. The van der Waals surface area contributed by atoms with Crippen LogP contribution in [-0.2, 0) is 0 Å². The Bertz CT molecular complexity index is 1270. The van der Waals surface area contributed by atoms with Crippen LogP contribution in [0.3, 0.4) is 0 Å². The zero-order valence-electron chi connectivity index (χ0n) is 15.2. The van der Waals surface area contributed by atoms with Crippen molar-refractivity contribution in [1.29, 1.82) is 0 Å². The summed E-state index contributed by atoms with van der Waals surface area (Å²) in [6, 6.07) is 32.2. The van der Waals surface area contributed by atoms with Gasteiger partial charge in [-0.3, -0.25) is 4.98 Å². The van der Waals surface area contributed by atoms with Crippen LogP contribution in [0.2, 0.25) is 0 Å². The van der Waals surface area contributed by atoms with Gasteiger partial charge < -0.3 is 0 Å². The third kappa shape index (κ3) is 2.69. The highest BCUT2D eigenvalue weighted by Gasteiger charge is 2.10. The van der Waals surface area contributed by atoms with Gasteiger partial charge in [-0.2, -0.15) is 0 Å². The molecule has 0 saturated heterocycles. The molecular weight excluding hydrogens is 326 g/mol. The first-order valence-corrected chi connectivity index (χ1v) is 9.24. The molecule has 0 fully saturated rings. The van der Waals surface area contributed by atoms with E-state index in [-0.39, 0.29) is 0 Å². The van der Waals surface area contributed by atoms with E-state index in [0.29, 0.717) is 0 Å². The predicted octanol–water partition coefficient (Wildman–Crippen LogP) is 7.03. The van der Waals surface area contributed by atoms with Gasteiger partial charge in [0.15, 0.2) is 0 Å². The minimum atomic E-state index is 1.04. The van der Waals surface area contributed by atoms with Gasteiger partial charge in [0.05, 0.1) is 5.69 Å². The van der Waals surface area contributed by atoms with Crippen molar-refractivity contribution < 1.29 is 0 Å². The Balaban J connectivity index is 1.70. The van der Waals surface area contributed by atoms with Crippen molar-refractivity contribution in [1.82, 2.24) is 4.98 Å². The fourth-order valence-corrected chi connectivity index (χ4v) is 3.92. The first-order chi connectivity index (χ1) is 13.3. The molecule has 5 rings (SSSR count). The number of rotatable bonds is 2. The van der Waals surface area contributed by atoms with E-state index >= 15 is 0 Å². The summed E-state index contributed by atoms with van der Waals surface area (Å²) in [6.07, 6.45) is 1.92. The predicted molar refractivity (Wildman–Crippen MR) is 115 cm³/mol. The zero-order chi connectivity index (χ0) is 18.2. The fourth-order valence-electron chi connectivity index (χ4n) is 3.92. The topological polar surface area (TPSA) is 12.9 Å². The third-order valence-electron chi connectivity index (χ3n) is 5.26. The van der Waals surface area contributed by atoms with Crippen LogP contribution in [0.25, 0.3) is 43.9 Å². The van der Waals surface area contributed by atoms with Gasteiger partial charge in [-0.25, -0.2) is 0 Å². The molecule has 0 unspecified atom stereocenters. The number of aromatic nitrogens is 1. The van der Waals surface area contributed by atoms with Crippen molar-refractivity contribution in [2.45, 2.75) is 6.92 Å². The first-order valence-electron chi connectivity index (χ1n) is 9.24. The van der Waals surface area contributed by atoms with Crippen LogP contribution >= 0.6 is 0 Å². The lowest BCUT2D eigenvalue weighted by Crippen LogP contribution is -1.90. The minimum Gasteiger partial charge on any atom is -0.256 e. The highest BCUT2D eigenvalue weighted by atomic mass is 14.7. The average molecular weight is 345 g/mol. The summed E-state index contributed by atoms with van der Waals surface area (Å²) >= 11 is 0. The van der Waals surface area contributed by atoms with E-state index in [2.05, 4.69) is 97.9 Å². The Morgan fingerprint density at radius 2 is 1.41 bits per heavy atom. The van der Waals surface area contributed by atoms with Crippen LogP contribution in [-0.4, -0.2) is 4.98 Å². The van der Waals surface area contributed by atoms with E-state index in [0.717, 1.165) is 11.3 Å². The summed E-state index contributed by atoms with van der Waals surface area (Å²) in [6.45, 7) is 2.17. The molecule has 0 aliphatic heterocycles. The molecule has 1 heterocycles. The molecule has 1 nitrogen and oxygen atoms in total. The van der Waals surface area contributed by atoms with Crippen LogP contribution < -0.4 is 0 Å². The van der Waals surface area contributed by atoms with Gasteiger partial charge in [0.1, 0.15) is 0 Å². The van der Waals surface area contributed by atoms with Gasteiger partial charge in [-0.05, 0) is 51.9 Å². The summed E-state index contributed by atoms with van der Waals surface area (Å²) in [5.41, 5.74) is 5.98. The standard InChI is InChI=1S/C26H19N/c1-18-17-21(12-13-22(18)19-7-3-2-4-8-19)26-25-14-11-20-9-5-6-10-23(20)24(25)15-16-27-26/h2-17H,1H3. The number of aryl methyl sites for hydroxylation is 1. The average Bonchev–Trinajstić information content (AvgIpc) is 2.73. The van der Waals surface area contributed by atoms with Crippen molar-refractivity contribution in [3.05, 3.63) is 103 Å². The number of benzene rings is 4. The van der Waals surface area contributed by atoms with Gasteiger partial charge in [0.2, 0.25) is 0 Å². The summed E-state index contributed by atoms with van der Waals surface area (Å²) in [5, 5.41) is 4.99. The van der Waals surface area contributed by atoms with E-state index in [4.69, 9.17) is 4.98 Å². The molecule has 0 amide bonds. The summed E-state index contributed by atoms with van der Waals surface area (Å²) in [4.78, 5) is 4.73. The van der Waals surface area contributed by atoms with Gasteiger partial charge >= 0.3 is 0 Å². The summed E-state index contributed by atoms with van der Waals surface area (Å²) in [5.74, 6) is 0. The van der Waals surface area contributed by atoms with Crippen LogP contribution in [0.5, 0.6) is 0 Å². The number of nitrogens with zero attached hydrogens (tertiary/aromatic N) is 1. The van der Waals surface area contributed by atoms with Gasteiger partial charge in [0.25, 0.3) is 0 Å². The summed E-state index contributed by atoms with van der Waals surface area (Å²) < 4.78 is 0. The lowest BCUT2D eigenvalue weighted by molar-refractivity contribution is 1.35. The SMILES string of the molecule is Cc1cc(-c2nccc3c2ccc2ccccc23)ccc1-c1ccccc1. The normalized spacial score (nSPS) is 11.1. The lowest BCUT2D eigenvalue weighted by Gasteiger charge is -2.11. The first kappa shape index (κ1) is 15.8. The Kier molecular flexibility index (Phi) is 3.72. The van der Waals surface area contributed by atoms with Crippen molar-refractivity contribution in [3.8, 4) is 22.4 Å². The highest BCUT2D eigenvalue weighted by molar-refractivity contribution is 6.11. The molecule has 5 aromatic rings. The largest absolute Gasteiger partial charge is 0.256 e. The van der Waals surface area contributed by atoms with Crippen molar-refractivity contribution in [2.24, 2.45) is 0 Å². The smallest absolute Gasteiger partial charge is 0.0780 e. The van der Waals surface area contributed by atoms with E-state index in [1.165, 1.54) is 38.2 Å². The fraction of sp³-hybridized carbons (Fsp3) is 0.0385. The molecule has 4 aromatic carbocycles. The van der Waals surface area contributed by atoms with E-state index < -0.39 is 0 Å². The Hall–Kier alpha value is -3.45. The molecule has 0 aliphatic rings. The molecule has 128 valence electrons. The minimum absolute atomic E-state index is 1.04. The molecule has 1 aromatic heterocycles. The van der Waals surface area contributed by atoms with Gasteiger partial charge in [-0.15, -0.1) is 0 Å². The lowest BCUT2D eigenvalue weighted by atomic mass is 9.95. The Morgan fingerprint density at radius 3 is 2.26 bits per heavy atom. The molecule has 0 radical (unpaired) electrons. The van der Waals surface area contributed by atoms with Gasteiger partial charge in [0, 0.05) is 17.1 Å². The zero-order valence-corrected chi connectivity index (χ0v) is 15.2. The van der Waals surface area contributed by atoms with E-state index in [1.807, 2.05) is 6.20 Å². The monoisotopic (exact) mass is 345 g/mol. The molecule has 0 spiro atoms. The molecule has 0 N–H and O–H groups in total.